The molecule has 1 atom stereocenters. The molecule has 0 bridgehead atoms. The number of methoxy groups -OCH3 is 2. The molecule has 1 fully saturated rings. The highest BCUT2D eigenvalue weighted by atomic mass is 35.5. The van der Waals surface area contributed by atoms with Gasteiger partial charge in [-0.1, -0.05) is 62.1 Å². The average Bonchev–Trinajstić information content (AvgIpc) is 3.04. The highest BCUT2D eigenvalue weighted by molar-refractivity contribution is 7.92. The van der Waals surface area contributed by atoms with Gasteiger partial charge >= 0.3 is 0 Å². The number of hydrogen-bond acceptors (Lipinski definition) is 6. The minimum Gasteiger partial charge on any atom is -0.493 e. The number of amides is 2. The summed E-state index contributed by atoms with van der Waals surface area (Å²) in [6.07, 6.45) is 5.43. The van der Waals surface area contributed by atoms with E-state index in [1.165, 1.54) is 37.3 Å². The van der Waals surface area contributed by atoms with Crippen LogP contribution in [0.3, 0.4) is 0 Å². The second-order valence-electron chi connectivity index (χ2n) is 11.2. The topological polar surface area (TPSA) is 105 Å². The number of halogens is 1. The number of anilines is 1. The number of benzene rings is 3. The molecular formula is C34H42ClN3O6S. The lowest BCUT2D eigenvalue weighted by Crippen LogP contribution is -2.54. The Balaban J connectivity index is 1.74. The van der Waals surface area contributed by atoms with Crippen LogP contribution in [0, 0.1) is 6.92 Å². The van der Waals surface area contributed by atoms with Crippen LogP contribution in [-0.4, -0.2) is 58.0 Å². The van der Waals surface area contributed by atoms with Gasteiger partial charge in [-0.25, -0.2) is 8.42 Å². The van der Waals surface area contributed by atoms with E-state index in [4.69, 9.17) is 21.1 Å². The molecular weight excluding hydrogens is 614 g/mol. The van der Waals surface area contributed by atoms with Crippen molar-refractivity contribution in [3.05, 3.63) is 82.9 Å². The van der Waals surface area contributed by atoms with E-state index in [1.807, 2.05) is 38.1 Å². The molecule has 0 heterocycles. The minimum atomic E-state index is -4.30. The Morgan fingerprint density at radius 1 is 0.956 bits per heavy atom. The van der Waals surface area contributed by atoms with Gasteiger partial charge in [-0.2, -0.15) is 0 Å². The van der Waals surface area contributed by atoms with E-state index >= 15 is 0 Å². The zero-order chi connectivity index (χ0) is 32.6. The smallest absolute Gasteiger partial charge is 0.264 e. The standard InChI is InChI=1S/C34H42ClN3O6S/c1-5-30(34(40)36-27-13-7-6-8-14-27)37(22-25-12-10-9-11-24(25)2)33(39)23-38(28-17-15-26(35)16-18-28)45(41,42)29-19-20-31(43-3)32(21-29)44-4/h9-12,15-21,27,30H,5-8,13-14,22-23H2,1-4H3,(H,36,40). The number of nitrogens with one attached hydrogen (secondary N) is 1. The fraction of sp³-hybridized carbons (Fsp3) is 0.412. The van der Waals surface area contributed by atoms with Gasteiger partial charge in [0.2, 0.25) is 11.8 Å². The van der Waals surface area contributed by atoms with E-state index in [1.54, 1.807) is 24.3 Å². The molecule has 1 aliphatic carbocycles. The average molecular weight is 656 g/mol. The molecule has 4 rings (SSSR count). The van der Waals surface area contributed by atoms with E-state index in [2.05, 4.69) is 5.32 Å². The first kappa shape index (κ1) is 34.1. The summed E-state index contributed by atoms with van der Waals surface area (Å²) in [6.45, 7) is 3.41. The number of carbonyl (C=O) groups is 2. The van der Waals surface area contributed by atoms with E-state index in [0.717, 1.165) is 47.5 Å². The summed E-state index contributed by atoms with van der Waals surface area (Å²) in [5.41, 5.74) is 2.08. The molecule has 3 aromatic rings. The van der Waals surface area contributed by atoms with Crippen LogP contribution in [0.2, 0.25) is 5.02 Å². The molecule has 0 radical (unpaired) electrons. The molecule has 1 aliphatic rings. The van der Waals surface area contributed by atoms with Crippen molar-refractivity contribution >= 4 is 39.1 Å². The van der Waals surface area contributed by atoms with Crippen molar-refractivity contribution in [3.63, 3.8) is 0 Å². The van der Waals surface area contributed by atoms with Crippen LogP contribution in [0.1, 0.15) is 56.6 Å². The summed E-state index contributed by atoms with van der Waals surface area (Å²) in [5, 5.41) is 3.59. The molecule has 9 nitrogen and oxygen atoms in total. The third kappa shape index (κ3) is 8.29. The summed E-state index contributed by atoms with van der Waals surface area (Å²) in [6, 6.07) is 17.4. The second kappa shape index (κ2) is 15.5. The van der Waals surface area contributed by atoms with Crippen LogP contribution >= 0.6 is 11.6 Å². The lowest BCUT2D eigenvalue weighted by atomic mass is 9.95. The van der Waals surface area contributed by atoms with E-state index in [-0.39, 0.29) is 34.8 Å². The normalized spacial score (nSPS) is 14.3. The molecule has 45 heavy (non-hydrogen) atoms. The zero-order valence-electron chi connectivity index (χ0n) is 26.3. The molecule has 1 saturated carbocycles. The molecule has 0 saturated heterocycles. The molecule has 3 aromatic carbocycles. The summed E-state index contributed by atoms with van der Waals surface area (Å²) < 4.78 is 40.2. The predicted octanol–water partition coefficient (Wildman–Crippen LogP) is 6.12. The Hall–Kier alpha value is -3.76. The van der Waals surface area contributed by atoms with Crippen molar-refractivity contribution in [2.24, 2.45) is 0 Å². The monoisotopic (exact) mass is 655 g/mol. The number of carbonyl (C=O) groups excluding carboxylic acids is 2. The van der Waals surface area contributed by atoms with Crippen molar-refractivity contribution in [2.45, 2.75) is 75.9 Å². The number of aryl methyl sites for hydroxylation is 1. The van der Waals surface area contributed by atoms with Crippen LogP contribution in [0.4, 0.5) is 5.69 Å². The maximum Gasteiger partial charge on any atom is 0.264 e. The van der Waals surface area contributed by atoms with Crippen LogP contribution in [0.25, 0.3) is 0 Å². The fourth-order valence-corrected chi connectivity index (χ4v) is 7.23. The molecule has 0 aromatic heterocycles. The van der Waals surface area contributed by atoms with Gasteiger partial charge in [0.1, 0.15) is 12.6 Å². The quantitative estimate of drug-likeness (QED) is 0.238. The van der Waals surface area contributed by atoms with Crippen molar-refractivity contribution in [3.8, 4) is 11.5 Å². The first-order chi connectivity index (χ1) is 21.6. The Morgan fingerprint density at radius 3 is 2.24 bits per heavy atom. The van der Waals surface area contributed by atoms with Crippen molar-refractivity contribution < 1.29 is 27.5 Å². The lowest BCUT2D eigenvalue weighted by molar-refractivity contribution is -0.140. The zero-order valence-corrected chi connectivity index (χ0v) is 27.9. The van der Waals surface area contributed by atoms with Crippen LogP contribution < -0.4 is 19.1 Å². The molecule has 0 spiro atoms. The molecule has 2 amide bonds. The number of sulfonamides is 1. The van der Waals surface area contributed by atoms with Crippen molar-refractivity contribution in [2.75, 3.05) is 25.1 Å². The van der Waals surface area contributed by atoms with Gasteiger partial charge in [0.05, 0.1) is 24.8 Å². The minimum absolute atomic E-state index is 0.0618. The van der Waals surface area contributed by atoms with Crippen LogP contribution in [0.5, 0.6) is 11.5 Å². The molecule has 11 heteroatoms. The first-order valence-corrected chi connectivity index (χ1v) is 17.1. The van der Waals surface area contributed by atoms with E-state index < -0.39 is 28.5 Å². The van der Waals surface area contributed by atoms with Gasteiger partial charge in [0.15, 0.2) is 11.5 Å². The Morgan fingerprint density at radius 2 is 1.62 bits per heavy atom. The van der Waals surface area contributed by atoms with Gasteiger partial charge in [0.25, 0.3) is 10.0 Å². The van der Waals surface area contributed by atoms with Gasteiger partial charge in [-0.3, -0.25) is 13.9 Å². The highest BCUT2D eigenvalue weighted by Crippen LogP contribution is 2.33. The summed E-state index contributed by atoms with van der Waals surface area (Å²) in [5.74, 6) is -0.146. The molecule has 1 N–H and O–H groups in total. The number of hydrogen-bond donors (Lipinski definition) is 1. The lowest BCUT2D eigenvalue weighted by Gasteiger charge is -2.34. The number of nitrogens with zero attached hydrogens (tertiary/aromatic N) is 2. The number of ether oxygens (including phenoxy) is 2. The van der Waals surface area contributed by atoms with E-state index in [9.17, 15) is 18.0 Å². The Kier molecular flexibility index (Phi) is 11.7. The van der Waals surface area contributed by atoms with Crippen LogP contribution in [0.15, 0.2) is 71.6 Å². The first-order valence-electron chi connectivity index (χ1n) is 15.2. The van der Waals surface area contributed by atoms with Gasteiger partial charge < -0.3 is 19.7 Å². The second-order valence-corrected chi connectivity index (χ2v) is 13.5. The van der Waals surface area contributed by atoms with Gasteiger partial charge in [0, 0.05) is 23.7 Å². The Labute approximate surface area is 271 Å². The SMILES string of the molecule is CCC(C(=O)NC1CCCCC1)N(Cc1ccccc1C)C(=O)CN(c1ccc(Cl)cc1)S(=O)(=O)c1ccc(OC)c(OC)c1. The number of rotatable bonds is 13. The van der Waals surface area contributed by atoms with Crippen molar-refractivity contribution in [1.82, 2.24) is 10.2 Å². The highest BCUT2D eigenvalue weighted by Gasteiger charge is 2.35. The summed E-state index contributed by atoms with van der Waals surface area (Å²) in [4.78, 5) is 29.5. The Bertz CT molecular complexity index is 1570. The third-order valence-corrected chi connectivity index (χ3v) is 10.3. The molecule has 0 aliphatic heterocycles. The van der Waals surface area contributed by atoms with E-state index in [0.29, 0.717) is 17.2 Å². The third-order valence-electron chi connectivity index (χ3n) is 8.28. The summed E-state index contributed by atoms with van der Waals surface area (Å²) >= 11 is 6.14. The van der Waals surface area contributed by atoms with Gasteiger partial charge in [-0.05, 0) is 73.7 Å². The summed E-state index contributed by atoms with van der Waals surface area (Å²) in [7, 11) is -1.42. The maximum absolute atomic E-state index is 14.4. The predicted molar refractivity (Wildman–Crippen MR) is 176 cm³/mol. The molecule has 242 valence electrons. The maximum atomic E-state index is 14.4. The molecule has 1 unspecified atom stereocenters. The largest absolute Gasteiger partial charge is 0.493 e. The van der Waals surface area contributed by atoms with Crippen LogP contribution in [-0.2, 0) is 26.2 Å². The fourth-order valence-electron chi connectivity index (χ4n) is 5.68. The van der Waals surface area contributed by atoms with Crippen molar-refractivity contribution in [1.29, 1.82) is 0 Å². The van der Waals surface area contributed by atoms with Gasteiger partial charge in [-0.15, -0.1) is 0 Å².